The average Bonchev–Trinajstić information content (AvgIpc) is 2.91. The van der Waals surface area contributed by atoms with Crippen LogP contribution in [0.15, 0.2) is 15.0 Å². The van der Waals surface area contributed by atoms with Gasteiger partial charge in [-0.2, -0.15) is 4.99 Å². The van der Waals surface area contributed by atoms with E-state index in [1.807, 2.05) is 0 Å². The zero-order chi connectivity index (χ0) is 15.4. The Labute approximate surface area is 117 Å². The van der Waals surface area contributed by atoms with E-state index in [0.717, 1.165) is 0 Å². The fourth-order valence-corrected chi connectivity index (χ4v) is 2.44. The van der Waals surface area contributed by atoms with Crippen LogP contribution >= 0.6 is 12.2 Å². The first kappa shape index (κ1) is 10.4. The lowest BCUT2D eigenvalue weighted by atomic mass is 10.2. The van der Waals surface area contributed by atoms with Crippen molar-refractivity contribution in [1.82, 2.24) is 4.90 Å². The summed E-state index contributed by atoms with van der Waals surface area (Å²) in [6.07, 6.45) is -1.68. The lowest BCUT2D eigenvalue weighted by molar-refractivity contribution is -0.0432. The Morgan fingerprint density at radius 3 is 3.11 bits per heavy atom. The van der Waals surface area contributed by atoms with E-state index in [-0.39, 0.29) is 17.4 Å². The molecule has 0 aliphatic carbocycles. The van der Waals surface area contributed by atoms with Crippen molar-refractivity contribution in [3.8, 4) is 0 Å². The predicted octanol–water partition coefficient (Wildman–Crippen LogP) is -1.78. The van der Waals surface area contributed by atoms with Crippen LogP contribution in [0.2, 0.25) is 0 Å². The number of nitrogens with zero attached hydrogens (tertiary/aromatic N) is 4. The molecule has 0 amide bonds. The second kappa shape index (κ2) is 4.60. The van der Waals surface area contributed by atoms with Crippen molar-refractivity contribution < 1.29 is 17.7 Å². The first-order valence-electron chi connectivity index (χ1n) is 6.61. The maximum atomic E-state index is 9.85. The van der Waals surface area contributed by atoms with Crippen molar-refractivity contribution in [2.24, 2.45) is 20.7 Å². The third kappa shape index (κ3) is 2.04. The number of aliphatic hydroxyl groups excluding tert-OH is 1. The molecule has 2 unspecified atom stereocenters. The minimum atomic E-state index is -2.64. The van der Waals surface area contributed by atoms with Crippen molar-refractivity contribution in [3.63, 3.8) is 0 Å². The van der Waals surface area contributed by atoms with Gasteiger partial charge >= 0.3 is 0 Å². The average molecular weight is 285 g/mol. The fraction of sp³-hybridized carbons (Fsp3) is 0.600. The molecule has 0 spiro atoms. The van der Waals surface area contributed by atoms with Crippen molar-refractivity contribution >= 4 is 35.3 Å². The largest absolute Gasteiger partial charge is 0.394 e. The molecular weight excluding hydrogens is 270 g/mol. The molecule has 4 atom stereocenters. The van der Waals surface area contributed by atoms with Gasteiger partial charge in [0.15, 0.2) is 6.04 Å². The molecule has 0 saturated carbocycles. The van der Waals surface area contributed by atoms with Gasteiger partial charge in [-0.15, -0.1) is 0 Å². The van der Waals surface area contributed by atoms with Crippen LogP contribution in [0.1, 0.15) is 9.16 Å². The number of aliphatic imine (C=N–C) groups is 3. The molecule has 0 aromatic carbocycles. The van der Waals surface area contributed by atoms with Gasteiger partial charge < -0.3 is 20.7 Å². The van der Waals surface area contributed by atoms with Crippen molar-refractivity contribution in [1.29, 1.82) is 0 Å². The topological polar surface area (TPSA) is 116 Å². The van der Waals surface area contributed by atoms with Gasteiger partial charge in [-0.05, 0) is 0 Å². The summed E-state index contributed by atoms with van der Waals surface area (Å²) in [6, 6.07) is -0.530. The van der Waals surface area contributed by atoms with Crippen LogP contribution in [0.5, 0.6) is 0 Å². The number of nitrogens with two attached hydrogens (primary N) is 1. The number of hydrogen-bond donors (Lipinski definition) is 3. The fourth-order valence-electron chi connectivity index (χ4n) is 2.18. The smallest absolute Gasteiger partial charge is 0.222 e. The molecule has 3 aliphatic heterocycles. The number of guanidine groups is 1. The standard InChI is InChI=1S/C10H13N5O3S/c11-10-13-8-7(9(19)14-10)12-3-15(8)6-1-4(17)5(2-16)18-6/h3-7,16-17H,1-2H2,(H2,11,14,19)/t4-,5+,6?,7?/m0/s1/i2D2. The molecule has 0 aromatic rings. The molecule has 3 aliphatic rings. The summed E-state index contributed by atoms with van der Waals surface area (Å²) < 4.78 is 19.9. The molecule has 1 saturated heterocycles. The lowest BCUT2D eigenvalue weighted by Crippen LogP contribution is -2.44. The molecule has 8 nitrogen and oxygen atoms in total. The Hall–Kier alpha value is -1.42. The zero-order valence-electron chi connectivity index (χ0n) is 11.7. The number of hydrogen-bond acceptors (Lipinski definition) is 8. The van der Waals surface area contributed by atoms with Gasteiger partial charge in [-0.1, -0.05) is 12.2 Å². The highest BCUT2D eigenvalue weighted by Crippen LogP contribution is 2.26. The van der Waals surface area contributed by atoms with Crippen molar-refractivity contribution in [3.05, 3.63) is 0 Å². The van der Waals surface area contributed by atoms with Crippen LogP contribution < -0.4 is 5.73 Å². The molecule has 0 bridgehead atoms. The van der Waals surface area contributed by atoms with E-state index in [1.54, 1.807) is 0 Å². The highest BCUT2D eigenvalue weighted by molar-refractivity contribution is 7.80. The number of amidine groups is 1. The minimum absolute atomic E-state index is 0.00864. The van der Waals surface area contributed by atoms with Crippen molar-refractivity contribution in [2.45, 2.75) is 30.9 Å². The molecule has 19 heavy (non-hydrogen) atoms. The number of rotatable bonds is 2. The molecular formula is C10H13N5O3S. The Balaban J connectivity index is 1.82. The lowest BCUT2D eigenvalue weighted by Gasteiger charge is -2.25. The Kier molecular flexibility index (Phi) is 2.51. The van der Waals surface area contributed by atoms with E-state index >= 15 is 0 Å². The van der Waals surface area contributed by atoms with Gasteiger partial charge in [0.1, 0.15) is 23.2 Å². The normalized spacial score (nSPS) is 39.7. The molecule has 102 valence electrons. The minimum Gasteiger partial charge on any atom is -0.394 e. The summed E-state index contributed by atoms with van der Waals surface area (Å²) in [5.41, 5.74) is 5.57. The molecule has 3 heterocycles. The quantitative estimate of drug-likeness (QED) is 0.517. The van der Waals surface area contributed by atoms with Gasteiger partial charge in [-0.3, -0.25) is 9.89 Å². The maximum Gasteiger partial charge on any atom is 0.222 e. The summed E-state index contributed by atoms with van der Waals surface area (Å²) in [6.45, 7) is -2.64. The number of aliphatic hydroxyl groups is 2. The molecule has 3 rings (SSSR count). The van der Waals surface area contributed by atoms with Gasteiger partial charge in [0, 0.05) is 6.42 Å². The SMILES string of the molecule is [2H]C([2H])(O)[C@H]1OC(N2C=NC3C(=S)N=C(N)N=C32)C[C@@H]1O. The van der Waals surface area contributed by atoms with Gasteiger partial charge in [0.25, 0.3) is 0 Å². The summed E-state index contributed by atoms with van der Waals surface area (Å²) in [4.78, 5) is 13.9. The summed E-state index contributed by atoms with van der Waals surface area (Å²) in [5, 5.41) is 19.2. The third-order valence-corrected chi connectivity index (χ3v) is 3.39. The maximum absolute atomic E-state index is 9.85. The van der Waals surface area contributed by atoms with E-state index < -0.39 is 31.0 Å². The Morgan fingerprint density at radius 1 is 1.63 bits per heavy atom. The van der Waals surface area contributed by atoms with Gasteiger partial charge in [-0.25, -0.2) is 4.99 Å². The summed E-state index contributed by atoms with van der Waals surface area (Å²) >= 11 is 5.07. The third-order valence-electron chi connectivity index (χ3n) is 3.07. The Bertz CT molecular complexity index is 576. The van der Waals surface area contributed by atoms with E-state index in [9.17, 15) is 10.2 Å². The summed E-state index contributed by atoms with van der Waals surface area (Å²) in [5.74, 6) is 0.429. The molecule has 4 N–H and O–H groups in total. The molecule has 0 radical (unpaired) electrons. The van der Waals surface area contributed by atoms with Crippen molar-refractivity contribution in [2.75, 3.05) is 6.56 Å². The number of ether oxygens (including phenoxy) is 1. The first-order valence-corrected chi connectivity index (χ1v) is 6.02. The van der Waals surface area contributed by atoms with Crippen LogP contribution in [-0.2, 0) is 4.74 Å². The monoisotopic (exact) mass is 285 g/mol. The second-order valence-corrected chi connectivity index (χ2v) is 4.71. The van der Waals surface area contributed by atoms with E-state index in [4.69, 9.17) is 25.4 Å². The second-order valence-electron chi connectivity index (χ2n) is 4.30. The Morgan fingerprint density at radius 2 is 2.42 bits per heavy atom. The van der Waals surface area contributed by atoms with Crippen LogP contribution in [0.25, 0.3) is 0 Å². The molecule has 0 aromatic heterocycles. The van der Waals surface area contributed by atoms with Crippen LogP contribution in [0.4, 0.5) is 0 Å². The highest BCUT2D eigenvalue weighted by Gasteiger charge is 2.42. The predicted molar refractivity (Wildman–Crippen MR) is 72.1 cm³/mol. The highest BCUT2D eigenvalue weighted by atomic mass is 32.1. The van der Waals surface area contributed by atoms with Crippen LogP contribution in [0, 0.1) is 0 Å². The van der Waals surface area contributed by atoms with E-state index in [0.29, 0.717) is 5.84 Å². The van der Waals surface area contributed by atoms with E-state index in [2.05, 4.69) is 15.0 Å². The van der Waals surface area contributed by atoms with E-state index in [1.165, 1.54) is 11.2 Å². The molecule has 9 heteroatoms. The van der Waals surface area contributed by atoms with Gasteiger partial charge in [0.05, 0.1) is 21.7 Å². The first-order chi connectivity index (χ1) is 9.77. The number of fused-ring (bicyclic) bond motifs is 1. The summed E-state index contributed by atoms with van der Waals surface area (Å²) in [7, 11) is 0. The van der Waals surface area contributed by atoms with Crippen LogP contribution in [-0.4, -0.2) is 69.3 Å². The van der Waals surface area contributed by atoms with Crippen LogP contribution in [0.3, 0.4) is 0 Å². The zero-order valence-corrected chi connectivity index (χ0v) is 10.5. The van der Waals surface area contributed by atoms with Gasteiger partial charge in [0.2, 0.25) is 5.96 Å². The number of thiocarbonyl (C=S) groups is 1. The molecule has 1 fully saturated rings.